The molecule has 0 bridgehead atoms. The van der Waals surface area contributed by atoms with Crippen molar-refractivity contribution in [3.8, 4) is 5.75 Å². The van der Waals surface area contributed by atoms with Crippen LogP contribution in [0.15, 0.2) is 66.7 Å². The number of hydrogen-bond acceptors (Lipinski definition) is 6. The molecule has 3 aromatic rings. The Morgan fingerprint density at radius 3 is 2.19 bits per heavy atom. The van der Waals surface area contributed by atoms with Crippen molar-refractivity contribution >= 4 is 17.3 Å². The molecule has 31 heavy (non-hydrogen) atoms. The van der Waals surface area contributed by atoms with Gasteiger partial charge < -0.3 is 31.1 Å². The topological polar surface area (TPSA) is 122 Å². The average molecular weight is 422 g/mol. The predicted octanol–water partition coefficient (Wildman–Crippen LogP) is 3.19. The zero-order valence-electron chi connectivity index (χ0n) is 17.0. The minimum absolute atomic E-state index is 0.0154. The van der Waals surface area contributed by atoms with Gasteiger partial charge in [-0.25, -0.2) is 4.79 Å². The highest BCUT2D eigenvalue weighted by atomic mass is 16.4. The van der Waals surface area contributed by atoms with Crippen molar-refractivity contribution in [1.82, 2.24) is 5.32 Å². The smallest absolute Gasteiger partial charge is 0.335 e. The molecule has 0 radical (unpaired) electrons. The van der Waals surface area contributed by atoms with E-state index in [9.17, 15) is 20.1 Å². The molecule has 0 amide bonds. The molecule has 0 aromatic heterocycles. The lowest BCUT2D eigenvalue weighted by Crippen LogP contribution is -2.23. The summed E-state index contributed by atoms with van der Waals surface area (Å²) in [7, 11) is 0. The number of aliphatic hydroxyl groups excluding tert-OH is 2. The Morgan fingerprint density at radius 2 is 1.58 bits per heavy atom. The van der Waals surface area contributed by atoms with Crippen molar-refractivity contribution < 1.29 is 25.2 Å². The van der Waals surface area contributed by atoms with Crippen LogP contribution >= 0.6 is 0 Å². The number of rotatable bonds is 10. The first-order valence-electron chi connectivity index (χ1n) is 9.97. The van der Waals surface area contributed by atoms with Gasteiger partial charge in [-0.05, 0) is 72.6 Å². The van der Waals surface area contributed by atoms with E-state index in [1.54, 1.807) is 36.4 Å². The number of carboxylic acid groups (broad SMARTS) is 1. The highest BCUT2D eigenvalue weighted by Crippen LogP contribution is 2.22. The fourth-order valence-electron chi connectivity index (χ4n) is 3.15. The van der Waals surface area contributed by atoms with E-state index >= 15 is 0 Å². The lowest BCUT2D eigenvalue weighted by molar-refractivity contribution is 0.0697. The normalized spacial score (nSPS) is 11.8. The Balaban J connectivity index is 1.44. The molecular formula is C24H26N2O5. The zero-order valence-corrected chi connectivity index (χ0v) is 17.0. The van der Waals surface area contributed by atoms with Crippen molar-refractivity contribution in [2.45, 2.75) is 19.1 Å². The van der Waals surface area contributed by atoms with E-state index < -0.39 is 12.1 Å². The van der Waals surface area contributed by atoms with Gasteiger partial charge in [0.15, 0.2) is 0 Å². The van der Waals surface area contributed by atoms with Crippen molar-refractivity contribution in [3.05, 3.63) is 89.0 Å². The summed E-state index contributed by atoms with van der Waals surface area (Å²) in [6.07, 6.45) is 0.0580. The van der Waals surface area contributed by atoms with Crippen LogP contribution in [0.4, 0.5) is 11.4 Å². The van der Waals surface area contributed by atoms with Gasteiger partial charge >= 0.3 is 5.97 Å². The highest BCUT2D eigenvalue weighted by Gasteiger charge is 2.10. The summed E-state index contributed by atoms with van der Waals surface area (Å²) >= 11 is 0. The molecule has 0 heterocycles. The number of phenols is 1. The van der Waals surface area contributed by atoms with Crippen LogP contribution in [-0.2, 0) is 13.0 Å². The van der Waals surface area contributed by atoms with Crippen LogP contribution in [0.3, 0.4) is 0 Å². The molecule has 7 heteroatoms. The molecule has 0 saturated carbocycles. The molecule has 1 unspecified atom stereocenters. The number of anilines is 2. The average Bonchev–Trinajstić information content (AvgIpc) is 2.78. The van der Waals surface area contributed by atoms with Crippen LogP contribution in [0.25, 0.3) is 0 Å². The SMILES string of the molecule is O=C(O)c1ccc(Nc2ccc(CCNCC(O)c3ccc(O)c(CO)c3)cc2)cc1. The summed E-state index contributed by atoms with van der Waals surface area (Å²) in [5.41, 5.74) is 4.14. The molecule has 0 aliphatic heterocycles. The molecular weight excluding hydrogens is 396 g/mol. The number of nitrogens with one attached hydrogen (secondary N) is 2. The molecule has 7 nitrogen and oxygen atoms in total. The van der Waals surface area contributed by atoms with Crippen molar-refractivity contribution in [3.63, 3.8) is 0 Å². The van der Waals surface area contributed by atoms with E-state index in [0.29, 0.717) is 24.2 Å². The summed E-state index contributed by atoms with van der Waals surface area (Å²) in [6, 6.07) is 19.2. The van der Waals surface area contributed by atoms with Crippen LogP contribution < -0.4 is 10.6 Å². The second kappa shape index (κ2) is 10.6. The Kier molecular flexibility index (Phi) is 7.61. The molecule has 6 N–H and O–H groups in total. The summed E-state index contributed by atoms with van der Waals surface area (Å²) in [5, 5.41) is 44.5. The van der Waals surface area contributed by atoms with Crippen molar-refractivity contribution in [1.29, 1.82) is 0 Å². The number of aliphatic hydroxyl groups is 2. The lowest BCUT2D eigenvalue weighted by atomic mass is 10.1. The summed E-state index contributed by atoms with van der Waals surface area (Å²) in [5.74, 6) is -0.934. The molecule has 1 atom stereocenters. The maximum absolute atomic E-state index is 10.9. The number of carboxylic acids is 1. The fourth-order valence-corrected chi connectivity index (χ4v) is 3.15. The summed E-state index contributed by atoms with van der Waals surface area (Å²) < 4.78 is 0. The van der Waals surface area contributed by atoms with Crippen molar-refractivity contribution in [2.75, 3.05) is 18.4 Å². The second-order valence-corrected chi connectivity index (χ2v) is 7.22. The Morgan fingerprint density at radius 1 is 0.935 bits per heavy atom. The standard InChI is InChI=1S/C24H26N2O5/c27-15-19-13-18(5-10-22(19)28)23(29)14-25-12-11-16-1-6-20(7-2-16)26-21-8-3-17(4-9-21)24(30)31/h1-10,13,23,25-29H,11-12,14-15H2,(H,30,31). The number of carbonyl (C=O) groups is 1. The van der Waals surface area contributed by atoms with Crippen molar-refractivity contribution in [2.24, 2.45) is 0 Å². The first kappa shape index (κ1) is 22.3. The monoisotopic (exact) mass is 422 g/mol. The summed E-state index contributed by atoms with van der Waals surface area (Å²) in [4.78, 5) is 10.9. The molecule has 3 rings (SSSR count). The number of hydrogen-bond donors (Lipinski definition) is 6. The van der Waals surface area contributed by atoms with Gasteiger partial charge in [-0.15, -0.1) is 0 Å². The van der Waals surface area contributed by atoms with Gasteiger partial charge in [0.1, 0.15) is 5.75 Å². The number of aromatic carboxylic acids is 1. The number of aromatic hydroxyl groups is 1. The molecule has 0 aliphatic rings. The van der Waals surface area contributed by atoms with E-state index in [1.807, 2.05) is 24.3 Å². The Labute approximate surface area is 180 Å². The molecule has 162 valence electrons. The third-order valence-electron chi connectivity index (χ3n) is 4.96. The summed E-state index contributed by atoms with van der Waals surface area (Å²) in [6.45, 7) is 0.769. The molecule has 0 aliphatic carbocycles. The van der Waals surface area contributed by atoms with Crippen LogP contribution in [-0.4, -0.2) is 39.5 Å². The van der Waals surface area contributed by atoms with Gasteiger partial charge in [-0.2, -0.15) is 0 Å². The van der Waals surface area contributed by atoms with Crippen LogP contribution in [0.5, 0.6) is 5.75 Å². The van der Waals surface area contributed by atoms with E-state index in [4.69, 9.17) is 5.11 Å². The van der Waals surface area contributed by atoms with Gasteiger partial charge in [-0.3, -0.25) is 0 Å². The number of benzene rings is 3. The van der Waals surface area contributed by atoms with E-state index in [2.05, 4.69) is 10.6 Å². The van der Waals surface area contributed by atoms with Gasteiger partial charge in [-0.1, -0.05) is 18.2 Å². The Bertz CT molecular complexity index is 1000. The molecule has 3 aromatic carbocycles. The minimum atomic E-state index is -0.949. The van der Waals surface area contributed by atoms with Gasteiger partial charge in [0.2, 0.25) is 0 Å². The Hall–Kier alpha value is -3.39. The zero-order chi connectivity index (χ0) is 22.2. The second-order valence-electron chi connectivity index (χ2n) is 7.22. The van der Waals surface area contributed by atoms with E-state index in [-0.39, 0.29) is 17.9 Å². The first-order valence-corrected chi connectivity index (χ1v) is 9.97. The van der Waals surface area contributed by atoms with Crippen LogP contribution in [0.1, 0.15) is 33.2 Å². The third-order valence-corrected chi connectivity index (χ3v) is 4.96. The lowest BCUT2D eigenvalue weighted by Gasteiger charge is -2.14. The van der Waals surface area contributed by atoms with Gasteiger partial charge in [0.25, 0.3) is 0 Å². The fraction of sp³-hybridized carbons (Fsp3) is 0.208. The van der Waals surface area contributed by atoms with Gasteiger partial charge in [0.05, 0.1) is 18.3 Å². The van der Waals surface area contributed by atoms with Crippen LogP contribution in [0, 0.1) is 0 Å². The maximum atomic E-state index is 10.9. The quantitative estimate of drug-likeness (QED) is 0.278. The molecule has 0 fully saturated rings. The molecule has 0 saturated heterocycles. The van der Waals surface area contributed by atoms with E-state index in [0.717, 1.165) is 23.4 Å². The van der Waals surface area contributed by atoms with E-state index in [1.165, 1.54) is 6.07 Å². The molecule has 0 spiro atoms. The highest BCUT2D eigenvalue weighted by molar-refractivity contribution is 5.88. The largest absolute Gasteiger partial charge is 0.508 e. The third kappa shape index (κ3) is 6.29. The van der Waals surface area contributed by atoms with Crippen LogP contribution in [0.2, 0.25) is 0 Å². The predicted molar refractivity (Wildman–Crippen MR) is 119 cm³/mol. The minimum Gasteiger partial charge on any atom is -0.508 e. The maximum Gasteiger partial charge on any atom is 0.335 e. The first-order chi connectivity index (χ1) is 15.0. The van der Waals surface area contributed by atoms with Gasteiger partial charge in [0, 0.05) is 23.5 Å².